The van der Waals surface area contributed by atoms with Gasteiger partial charge in [0.25, 0.3) is 0 Å². The summed E-state index contributed by atoms with van der Waals surface area (Å²) in [5, 5.41) is 7.67. The molecular weight excluding hydrogens is 264 g/mol. The van der Waals surface area contributed by atoms with Gasteiger partial charge in [-0.2, -0.15) is 0 Å². The van der Waals surface area contributed by atoms with E-state index >= 15 is 0 Å². The van der Waals surface area contributed by atoms with Crippen LogP contribution in [0.4, 0.5) is 8.78 Å². The number of nitrogens with zero attached hydrogens (tertiary/aromatic N) is 3. The molecule has 1 heterocycles. The molecule has 0 fully saturated rings. The van der Waals surface area contributed by atoms with Crippen molar-refractivity contribution in [1.82, 2.24) is 15.0 Å². The average Bonchev–Trinajstić information content (AvgIpc) is 2.71. The van der Waals surface area contributed by atoms with Crippen molar-refractivity contribution in [3.63, 3.8) is 0 Å². The number of hydrogen-bond donors (Lipinski definition) is 0. The SMILES string of the molecule is COCc1c(CCl)nnn1-c1cc(F)cc(F)c1. The zero-order valence-corrected chi connectivity index (χ0v) is 10.3. The van der Waals surface area contributed by atoms with Crippen LogP contribution in [0.25, 0.3) is 5.69 Å². The molecule has 4 nitrogen and oxygen atoms in total. The molecule has 0 aliphatic rings. The van der Waals surface area contributed by atoms with Gasteiger partial charge in [0.2, 0.25) is 0 Å². The molecular formula is C11H10ClF2N3O. The van der Waals surface area contributed by atoms with Crippen LogP contribution in [0.1, 0.15) is 11.4 Å². The first kappa shape index (κ1) is 12.9. The Morgan fingerprint density at radius 3 is 2.50 bits per heavy atom. The zero-order chi connectivity index (χ0) is 13.1. The molecule has 2 rings (SSSR count). The number of hydrogen-bond acceptors (Lipinski definition) is 3. The van der Waals surface area contributed by atoms with E-state index in [1.165, 1.54) is 11.8 Å². The third-order valence-electron chi connectivity index (χ3n) is 2.34. The first-order valence-electron chi connectivity index (χ1n) is 5.10. The predicted octanol–water partition coefficient (Wildman–Crippen LogP) is 2.43. The Bertz CT molecular complexity index is 539. The fourth-order valence-electron chi connectivity index (χ4n) is 1.59. The first-order valence-corrected chi connectivity index (χ1v) is 5.64. The first-order chi connectivity index (χ1) is 8.65. The van der Waals surface area contributed by atoms with Gasteiger partial charge in [-0.05, 0) is 12.1 Å². The Balaban J connectivity index is 2.52. The molecule has 0 amide bonds. The molecule has 0 aliphatic heterocycles. The van der Waals surface area contributed by atoms with E-state index in [1.807, 2.05) is 0 Å². The molecule has 1 aromatic carbocycles. The van der Waals surface area contributed by atoms with E-state index in [1.54, 1.807) is 0 Å². The summed E-state index contributed by atoms with van der Waals surface area (Å²) in [6.07, 6.45) is 0. The number of rotatable bonds is 4. The van der Waals surface area contributed by atoms with Gasteiger partial charge in [0.15, 0.2) is 0 Å². The number of alkyl halides is 1. The van der Waals surface area contributed by atoms with Crippen molar-refractivity contribution in [3.05, 3.63) is 41.2 Å². The van der Waals surface area contributed by atoms with E-state index in [0.29, 0.717) is 11.4 Å². The Hall–Kier alpha value is -1.53. The molecule has 0 radical (unpaired) electrons. The normalized spacial score (nSPS) is 10.9. The van der Waals surface area contributed by atoms with E-state index in [0.717, 1.165) is 18.2 Å². The van der Waals surface area contributed by atoms with Crippen LogP contribution >= 0.6 is 11.6 Å². The highest BCUT2D eigenvalue weighted by Crippen LogP contribution is 2.17. The van der Waals surface area contributed by atoms with Crippen LogP contribution in [-0.2, 0) is 17.2 Å². The number of ether oxygens (including phenoxy) is 1. The highest BCUT2D eigenvalue weighted by molar-refractivity contribution is 6.16. The lowest BCUT2D eigenvalue weighted by atomic mass is 10.2. The Labute approximate surface area is 107 Å². The van der Waals surface area contributed by atoms with Gasteiger partial charge in [0.1, 0.15) is 17.3 Å². The number of methoxy groups -OCH3 is 1. The summed E-state index contributed by atoms with van der Waals surface area (Å²) in [6, 6.07) is 3.11. The molecule has 0 saturated heterocycles. The summed E-state index contributed by atoms with van der Waals surface area (Å²) >= 11 is 5.71. The van der Waals surface area contributed by atoms with Crippen LogP contribution < -0.4 is 0 Å². The maximum Gasteiger partial charge on any atom is 0.128 e. The minimum Gasteiger partial charge on any atom is -0.378 e. The smallest absolute Gasteiger partial charge is 0.128 e. The quantitative estimate of drug-likeness (QED) is 0.803. The minimum absolute atomic E-state index is 0.149. The fourth-order valence-corrected chi connectivity index (χ4v) is 1.79. The van der Waals surface area contributed by atoms with E-state index in [9.17, 15) is 8.78 Å². The van der Waals surface area contributed by atoms with Crippen LogP contribution in [0.3, 0.4) is 0 Å². The summed E-state index contributed by atoms with van der Waals surface area (Å²) < 4.78 is 32.6. The standard InChI is InChI=1S/C11H10ClF2N3O/c1-18-6-11-10(5-12)15-16-17(11)9-3-7(13)2-8(14)4-9/h2-4H,5-6H2,1H3. The molecule has 0 saturated carbocycles. The molecule has 2 aromatic rings. The van der Waals surface area contributed by atoms with Gasteiger partial charge in [-0.15, -0.1) is 16.7 Å². The zero-order valence-electron chi connectivity index (χ0n) is 9.53. The maximum absolute atomic E-state index is 13.2. The van der Waals surface area contributed by atoms with Gasteiger partial charge in [-0.25, -0.2) is 13.5 Å². The molecule has 18 heavy (non-hydrogen) atoms. The van der Waals surface area contributed by atoms with Gasteiger partial charge in [-0.1, -0.05) is 5.21 Å². The topological polar surface area (TPSA) is 39.9 Å². The molecule has 0 aliphatic carbocycles. The Kier molecular flexibility index (Phi) is 3.88. The molecule has 1 aromatic heterocycles. The second-order valence-electron chi connectivity index (χ2n) is 3.59. The molecule has 0 bridgehead atoms. The van der Waals surface area contributed by atoms with Gasteiger partial charge >= 0.3 is 0 Å². The largest absolute Gasteiger partial charge is 0.378 e. The van der Waals surface area contributed by atoms with Crippen LogP contribution in [-0.4, -0.2) is 22.1 Å². The van der Waals surface area contributed by atoms with Gasteiger partial charge in [-0.3, -0.25) is 0 Å². The van der Waals surface area contributed by atoms with Crippen molar-refractivity contribution in [1.29, 1.82) is 0 Å². The average molecular weight is 274 g/mol. The number of aromatic nitrogens is 3. The molecule has 0 unspecified atom stereocenters. The van der Waals surface area contributed by atoms with Crippen molar-refractivity contribution in [2.45, 2.75) is 12.5 Å². The van der Waals surface area contributed by atoms with Crippen LogP contribution in [0.5, 0.6) is 0 Å². The van der Waals surface area contributed by atoms with E-state index < -0.39 is 11.6 Å². The summed E-state index contributed by atoms with van der Waals surface area (Å²) in [6.45, 7) is 0.202. The number of halogens is 3. The lowest BCUT2D eigenvalue weighted by Gasteiger charge is -2.06. The monoisotopic (exact) mass is 273 g/mol. The highest BCUT2D eigenvalue weighted by atomic mass is 35.5. The fraction of sp³-hybridized carbons (Fsp3) is 0.273. The summed E-state index contributed by atoms with van der Waals surface area (Å²) in [5.41, 5.74) is 1.32. The minimum atomic E-state index is -0.684. The van der Waals surface area contributed by atoms with E-state index in [2.05, 4.69) is 10.3 Å². The summed E-state index contributed by atoms with van der Waals surface area (Å²) in [5.74, 6) is -1.22. The summed E-state index contributed by atoms with van der Waals surface area (Å²) in [7, 11) is 1.50. The maximum atomic E-state index is 13.2. The highest BCUT2D eigenvalue weighted by Gasteiger charge is 2.14. The van der Waals surface area contributed by atoms with Crippen molar-refractivity contribution < 1.29 is 13.5 Å². The van der Waals surface area contributed by atoms with Crippen molar-refractivity contribution in [2.24, 2.45) is 0 Å². The van der Waals surface area contributed by atoms with Crippen LogP contribution in [0.2, 0.25) is 0 Å². The molecule has 0 atom stereocenters. The van der Waals surface area contributed by atoms with Crippen LogP contribution in [0, 0.1) is 11.6 Å². The molecule has 96 valence electrons. The molecule has 7 heteroatoms. The Morgan fingerprint density at radius 1 is 1.28 bits per heavy atom. The third kappa shape index (κ3) is 2.49. The second kappa shape index (κ2) is 5.41. The van der Waals surface area contributed by atoms with E-state index in [4.69, 9.17) is 16.3 Å². The number of benzene rings is 1. The predicted molar refractivity (Wildman–Crippen MR) is 61.5 cm³/mol. The second-order valence-corrected chi connectivity index (χ2v) is 3.86. The van der Waals surface area contributed by atoms with Gasteiger partial charge in [0.05, 0.1) is 23.9 Å². The van der Waals surface area contributed by atoms with E-state index in [-0.39, 0.29) is 18.2 Å². The third-order valence-corrected chi connectivity index (χ3v) is 2.60. The Morgan fingerprint density at radius 2 is 1.94 bits per heavy atom. The van der Waals surface area contributed by atoms with Crippen molar-refractivity contribution in [2.75, 3.05) is 7.11 Å². The van der Waals surface area contributed by atoms with Gasteiger partial charge < -0.3 is 4.74 Å². The lowest BCUT2D eigenvalue weighted by molar-refractivity contribution is 0.178. The van der Waals surface area contributed by atoms with Gasteiger partial charge in [0, 0.05) is 13.2 Å². The van der Waals surface area contributed by atoms with Crippen LogP contribution in [0.15, 0.2) is 18.2 Å². The summed E-state index contributed by atoms with van der Waals surface area (Å²) in [4.78, 5) is 0. The lowest BCUT2D eigenvalue weighted by Crippen LogP contribution is -2.05. The van der Waals surface area contributed by atoms with Crippen molar-refractivity contribution >= 4 is 11.6 Å². The molecule has 0 spiro atoms. The van der Waals surface area contributed by atoms with Crippen molar-refractivity contribution in [3.8, 4) is 5.69 Å². The molecule has 0 N–H and O–H groups in total.